The molecule has 3 aromatic carbocycles. The molecule has 0 radical (unpaired) electrons. The number of carboxylic acid groups (broad SMARTS) is 1. The van der Waals surface area contributed by atoms with Gasteiger partial charge in [0, 0.05) is 17.8 Å². The molecule has 0 aliphatic heterocycles. The zero-order valence-electron chi connectivity index (χ0n) is 25.2. The number of ether oxygens (including phenoxy) is 3. The number of benzene rings is 3. The molecule has 12 heteroatoms. The smallest absolute Gasteiger partial charge is 0.407 e. The summed E-state index contributed by atoms with van der Waals surface area (Å²) in [6.07, 6.45) is -0.779. The Morgan fingerprint density at radius 3 is 2.25 bits per heavy atom. The topological polar surface area (TPSA) is 185 Å². The van der Waals surface area contributed by atoms with E-state index in [4.69, 9.17) is 25.4 Å². The van der Waals surface area contributed by atoms with E-state index in [1.54, 1.807) is 63.2 Å². The van der Waals surface area contributed by atoms with Gasteiger partial charge < -0.3 is 41.0 Å². The molecule has 0 aliphatic rings. The number of nitrogen functional groups attached to an aromatic ring is 1. The largest absolute Gasteiger partial charge is 0.493 e. The van der Waals surface area contributed by atoms with Crippen molar-refractivity contribution in [3.8, 4) is 11.5 Å². The van der Waals surface area contributed by atoms with Crippen molar-refractivity contribution in [3.05, 3.63) is 89.5 Å². The standard InChI is InChI=1S/C32H39N5O7/c1-32(2,3)44-31(41)35-17-16-24(30(39)40)37-29(38)27(36-23-13-10-21(11-14-23)28(33)34)22-12-15-25(26(18-22)42-4)43-19-20-8-6-5-7-9-20/h5-15,18,24,27,36H,16-17,19H2,1-4H3,(H3,33,34)(H,35,41)(H,37,38)(H,39,40)/t24-,27+/m0/s1. The second-order valence-corrected chi connectivity index (χ2v) is 10.9. The Labute approximate surface area is 256 Å². The van der Waals surface area contributed by atoms with Crippen molar-refractivity contribution in [1.82, 2.24) is 10.6 Å². The van der Waals surface area contributed by atoms with Crippen LogP contribution < -0.4 is 31.2 Å². The minimum atomic E-state index is -1.31. The highest BCUT2D eigenvalue weighted by molar-refractivity contribution is 5.95. The fourth-order valence-corrected chi connectivity index (χ4v) is 4.08. The van der Waals surface area contributed by atoms with Crippen molar-refractivity contribution in [1.29, 1.82) is 5.41 Å². The van der Waals surface area contributed by atoms with Gasteiger partial charge in [-0.25, -0.2) is 9.59 Å². The van der Waals surface area contributed by atoms with E-state index < -0.39 is 35.7 Å². The lowest BCUT2D eigenvalue weighted by Crippen LogP contribution is -2.46. The lowest BCUT2D eigenvalue weighted by atomic mass is 10.0. The number of hydrogen-bond acceptors (Lipinski definition) is 8. The average molecular weight is 606 g/mol. The van der Waals surface area contributed by atoms with Crippen LogP contribution >= 0.6 is 0 Å². The van der Waals surface area contributed by atoms with Crippen LogP contribution in [0.3, 0.4) is 0 Å². The normalized spacial score (nSPS) is 12.3. The third kappa shape index (κ3) is 10.2. The van der Waals surface area contributed by atoms with Gasteiger partial charge in [-0.05, 0) is 74.7 Å². The molecule has 12 nitrogen and oxygen atoms in total. The number of carboxylic acids is 1. The van der Waals surface area contributed by atoms with E-state index in [-0.39, 0.29) is 18.8 Å². The molecule has 0 aromatic heterocycles. The highest BCUT2D eigenvalue weighted by atomic mass is 16.6. The van der Waals surface area contributed by atoms with Gasteiger partial charge in [0.1, 0.15) is 30.1 Å². The molecular weight excluding hydrogens is 566 g/mol. The number of carbonyl (C=O) groups is 3. The van der Waals surface area contributed by atoms with Crippen LogP contribution in [0.5, 0.6) is 11.5 Å². The Bertz CT molecular complexity index is 1440. The number of nitrogens with one attached hydrogen (secondary N) is 4. The average Bonchev–Trinajstić information content (AvgIpc) is 2.98. The van der Waals surface area contributed by atoms with E-state index in [2.05, 4.69) is 16.0 Å². The summed E-state index contributed by atoms with van der Waals surface area (Å²) in [6, 6.07) is 18.8. The van der Waals surface area contributed by atoms with Gasteiger partial charge in [0.25, 0.3) is 0 Å². The zero-order valence-corrected chi connectivity index (χ0v) is 25.2. The Hall–Kier alpha value is -5.26. The fraction of sp³-hybridized carbons (Fsp3) is 0.312. The van der Waals surface area contributed by atoms with Crippen LogP contribution in [-0.4, -0.2) is 54.2 Å². The minimum absolute atomic E-state index is 0.0436. The van der Waals surface area contributed by atoms with Crippen molar-refractivity contribution in [2.45, 2.75) is 51.5 Å². The summed E-state index contributed by atoms with van der Waals surface area (Å²) < 4.78 is 16.7. The predicted octanol–water partition coefficient (Wildman–Crippen LogP) is 4.20. The molecule has 0 heterocycles. The van der Waals surface area contributed by atoms with Gasteiger partial charge in [-0.15, -0.1) is 0 Å². The highest BCUT2D eigenvalue weighted by Gasteiger charge is 2.28. The second-order valence-electron chi connectivity index (χ2n) is 10.9. The van der Waals surface area contributed by atoms with Crippen LogP contribution in [0.1, 0.15) is 49.9 Å². The van der Waals surface area contributed by atoms with Crippen molar-refractivity contribution < 1.29 is 33.7 Å². The molecule has 3 rings (SSSR count). The molecule has 0 unspecified atom stereocenters. The first kappa shape index (κ1) is 33.2. The van der Waals surface area contributed by atoms with Gasteiger partial charge in [-0.3, -0.25) is 10.2 Å². The number of nitrogens with two attached hydrogens (primary N) is 1. The van der Waals surface area contributed by atoms with E-state index in [1.165, 1.54) is 7.11 Å². The summed E-state index contributed by atoms with van der Waals surface area (Å²) in [4.78, 5) is 37.7. The molecule has 7 N–H and O–H groups in total. The van der Waals surface area contributed by atoms with E-state index in [9.17, 15) is 19.5 Å². The van der Waals surface area contributed by atoms with Crippen LogP contribution in [0.4, 0.5) is 10.5 Å². The number of amides is 2. The van der Waals surface area contributed by atoms with Crippen LogP contribution in [-0.2, 0) is 20.9 Å². The Kier molecular flexibility index (Phi) is 11.5. The van der Waals surface area contributed by atoms with Gasteiger partial charge >= 0.3 is 12.1 Å². The summed E-state index contributed by atoms with van der Waals surface area (Å²) in [6.45, 7) is 5.40. The third-order valence-electron chi connectivity index (χ3n) is 6.24. The maximum Gasteiger partial charge on any atom is 0.407 e. The number of hydrogen-bond donors (Lipinski definition) is 6. The Morgan fingerprint density at radius 1 is 0.977 bits per heavy atom. The molecule has 0 saturated carbocycles. The molecule has 0 fully saturated rings. The van der Waals surface area contributed by atoms with Gasteiger partial charge in [-0.1, -0.05) is 36.4 Å². The number of methoxy groups -OCH3 is 1. The molecule has 0 saturated heterocycles. The number of rotatable bonds is 14. The van der Waals surface area contributed by atoms with Crippen molar-refractivity contribution in [3.63, 3.8) is 0 Å². The maximum absolute atomic E-state index is 13.6. The van der Waals surface area contributed by atoms with Crippen molar-refractivity contribution in [2.24, 2.45) is 5.73 Å². The zero-order chi connectivity index (χ0) is 32.3. The van der Waals surface area contributed by atoms with Crippen LogP contribution in [0, 0.1) is 5.41 Å². The monoisotopic (exact) mass is 605 g/mol. The summed E-state index contributed by atoms with van der Waals surface area (Å²) >= 11 is 0. The summed E-state index contributed by atoms with van der Waals surface area (Å²) in [5.74, 6) is -1.17. The summed E-state index contributed by atoms with van der Waals surface area (Å²) in [5, 5.41) is 25.7. The van der Waals surface area contributed by atoms with Gasteiger partial charge in [0.05, 0.1) is 7.11 Å². The molecule has 44 heavy (non-hydrogen) atoms. The van der Waals surface area contributed by atoms with Crippen molar-refractivity contribution >= 4 is 29.5 Å². The number of carbonyl (C=O) groups excluding carboxylic acids is 2. The van der Waals surface area contributed by atoms with Gasteiger partial charge in [0.15, 0.2) is 11.5 Å². The lowest BCUT2D eigenvalue weighted by Gasteiger charge is -2.24. The first-order chi connectivity index (χ1) is 20.9. The van der Waals surface area contributed by atoms with Gasteiger partial charge in [0.2, 0.25) is 5.91 Å². The predicted molar refractivity (Wildman–Crippen MR) is 166 cm³/mol. The minimum Gasteiger partial charge on any atom is -0.493 e. The molecule has 0 bridgehead atoms. The number of amidine groups is 1. The lowest BCUT2D eigenvalue weighted by molar-refractivity contribution is -0.142. The van der Waals surface area contributed by atoms with Crippen LogP contribution in [0.15, 0.2) is 72.8 Å². The fourth-order valence-electron chi connectivity index (χ4n) is 4.08. The van der Waals surface area contributed by atoms with E-state index in [1.807, 2.05) is 30.3 Å². The molecule has 0 spiro atoms. The molecule has 2 atom stereocenters. The van der Waals surface area contributed by atoms with Gasteiger partial charge in [-0.2, -0.15) is 0 Å². The van der Waals surface area contributed by atoms with E-state index >= 15 is 0 Å². The maximum atomic E-state index is 13.6. The van der Waals surface area contributed by atoms with Crippen molar-refractivity contribution in [2.75, 3.05) is 19.0 Å². The second kappa shape index (κ2) is 15.3. The molecule has 2 amide bonds. The summed E-state index contributed by atoms with van der Waals surface area (Å²) in [5.41, 5.74) is 7.32. The Balaban J connectivity index is 1.83. The number of anilines is 1. The molecule has 234 valence electrons. The van der Waals surface area contributed by atoms with Crippen LogP contribution in [0.25, 0.3) is 0 Å². The number of alkyl carbamates (subject to hydrolysis) is 1. The summed E-state index contributed by atoms with van der Waals surface area (Å²) in [7, 11) is 1.48. The van der Waals surface area contributed by atoms with E-state index in [0.717, 1.165) is 5.56 Å². The molecule has 0 aliphatic carbocycles. The van der Waals surface area contributed by atoms with Crippen LogP contribution in [0.2, 0.25) is 0 Å². The Morgan fingerprint density at radius 2 is 1.66 bits per heavy atom. The quantitative estimate of drug-likeness (QED) is 0.116. The SMILES string of the molecule is COc1cc([C@@H](Nc2ccc(C(=N)N)cc2)C(=O)N[C@@H](CCNC(=O)OC(C)(C)C)C(=O)O)ccc1OCc1ccccc1. The first-order valence-corrected chi connectivity index (χ1v) is 13.9. The number of aliphatic carboxylic acids is 1. The highest BCUT2D eigenvalue weighted by Crippen LogP contribution is 2.32. The van der Waals surface area contributed by atoms with E-state index in [0.29, 0.717) is 34.9 Å². The third-order valence-corrected chi connectivity index (χ3v) is 6.24. The first-order valence-electron chi connectivity index (χ1n) is 13.9. The molecule has 3 aromatic rings. The molecular formula is C32H39N5O7.